The highest BCUT2D eigenvalue weighted by Gasteiger charge is 2.38. The molecule has 1 N–H and O–H groups in total. The molecule has 5 heteroatoms. The number of nitrogens with one attached hydrogen (secondary N) is 1. The number of hydrogen-bond acceptors (Lipinski definition) is 2. The fraction of sp³-hybridized carbons (Fsp3) is 0.259. The van der Waals surface area contributed by atoms with E-state index in [9.17, 15) is 10.1 Å². The van der Waals surface area contributed by atoms with Crippen LogP contribution in [0.1, 0.15) is 40.3 Å². The van der Waals surface area contributed by atoms with Gasteiger partial charge in [-0.3, -0.25) is 4.79 Å². The predicted molar refractivity (Wildman–Crippen MR) is 127 cm³/mol. The summed E-state index contributed by atoms with van der Waals surface area (Å²) in [4.78, 5) is 14.2. The Kier molecular flexibility index (Phi) is 5.70. The molecule has 4 nitrogen and oxygen atoms in total. The first-order valence-electron chi connectivity index (χ1n) is 11.1. The van der Waals surface area contributed by atoms with E-state index in [-0.39, 0.29) is 5.56 Å². The van der Waals surface area contributed by atoms with E-state index >= 15 is 0 Å². The standard InChI is InChI=1S/C27H24ClN3O/c28-25-9-5-19(6-10-25)4-7-23-8-11-26(32)31-17-22-13-24(27(23)31)18-30(16-22)15-21-3-1-2-20(12-21)14-29/h1-12,22,24H,13,15-18H2/p+1/b7-4+/t22-,24+/m0/s1. The van der Waals surface area contributed by atoms with E-state index in [1.165, 1.54) is 16.2 Å². The monoisotopic (exact) mass is 442 g/mol. The second-order valence-electron chi connectivity index (χ2n) is 8.95. The lowest BCUT2D eigenvalue weighted by atomic mass is 9.81. The molecule has 3 aromatic rings. The first-order valence-corrected chi connectivity index (χ1v) is 11.5. The third-order valence-corrected chi connectivity index (χ3v) is 6.90. The maximum atomic E-state index is 12.7. The molecule has 1 fully saturated rings. The third kappa shape index (κ3) is 4.27. The third-order valence-electron chi connectivity index (χ3n) is 6.65. The van der Waals surface area contributed by atoms with Crippen LogP contribution in [0, 0.1) is 17.2 Å². The van der Waals surface area contributed by atoms with Gasteiger partial charge < -0.3 is 9.47 Å². The number of nitriles is 1. The molecule has 2 aromatic carbocycles. The summed E-state index contributed by atoms with van der Waals surface area (Å²) in [5.41, 5.74) is 5.39. The second kappa shape index (κ2) is 8.78. The Labute approximate surface area is 193 Å². The summed E-state index contributed by atoms with van der Waals surface area (Å²) >= 11 is 6.01. The largest absolute Gasteiger partial charge is 0.330 e. The molecule has 0 aliphatic carbocycles. The Bertz CT molecular complexity index is 1270. The van der Waals surface area contributed by atoms with Crippen LogP contribution in [0.25, 0.3) is 12.2 Å². The molecule has 2 bridgehead atoms. The van der Waals surface area contributed by atoms with Gasteiger partial charge in [-0.1, -0.05) is 48.0 Å². The molecular weight excluding hydrogens is 418 g/mol. The molecule has 32 heavy (non-hydrogen) atoms. The van der Waals surface area contributed by atoms with Gasteiger partial charge in [0.2, 0.25) is 0 Å². The summed E-state index contributed by atoms with van der Waals surface area (Å²) in [6, 6.07) is 21.6. The average molecular weight is 443 g/mol. The first-order chi connectivity index (χ1) is 15.6. The number of hydrogen-bond donors (Lipinski definition) is 1. The van der Waals surface area contributed by atoms with Gasteiger partial charge >= 0.3 is 0 Å². The van der Waals surface area contributed by atoms with Crippen molar-refractivity contribution in [2.75, 3.05) is 13.1 Å². The molecule has 160 valence electrons. The summed E-state index contributed by atoms with van der Waals surface area (Å²) < 4.78 is 2.01. The van der Waals surface area contributed by atoms with Crippen LogP contribution in [0.15, 0.2) is 65.5 Å². The van der Waals surface area contributed by atoms with Gasteiger partial charge in [0.15, 0.2) is 0 Å². The molecule has 5 rings (SSSR count). The SMILES string of the molecule is N#Cc1cccc(C[NH+]2C[C@@H]3C[C@H](C2)c2c(/C=C/c4ccc(Cl)cc4)ccc(=O)n2C3)c1. The number of benzene rings is 2. The Balaban J connectivity index is 1.43. The Morgan fingerprint density at radius 3 is 2.75 bits per heavy atom. The number of rotatable bonds is 4. The number of halogens is 1. The molecule has 0 radical (unpaired) electrons. The number of likely N-dealkylation sites (tertiary alicyclic amines) is 1. The number of fused-ring (bicyclic) bond motifs is 4. The lowest BCUT2D eigenvalue weighted by molar-refractivity contribution is -0.924. The normalized spacial score (nSPS) is 21.8. The van der Waals surface area contributed by atoms with Crippen LogP contribution in [-0.4, -0.2) is 17.7 Å². The van der Waals surface area contributed by atoms with Crippen LogP contribution in [-0.2, 0) is 13.1 Å². The van der Waals surface area contributed by atoms with Gasteiger partial charge in [0.1, 0.15) is 6.54 Å². The maximum absolute atomic E-state index is 12.7. The molecule has 2 aliphatic rings. The maximum Gasteiger partial charge on any atom is 0.250 e. The van der Waals surface area contributed by atoms with Crippen LogP contribution < -0.4 is 10.5 Å². The highest BCUT2D eigenvalue weighted by molar-refractivity contribution is 6.30. The van der Waals surface area contributed by atoms with E-state index in [0.29, 0.717) is 17.4 Å². The Morgan fingerprint density at radius 1 is 1.09 bits per heavy atom. The van der Waals surface area contributed by atoms with Crippen molar-refractivity contribution < 1.29 is 4.90 Å². The van der Waals surface area contributed by atoms with E-state index < -0.39 is 0 Å². The smallest absolute Gasteiger partial charge is 0.250 e. The van der Waals surface area contributed by atoms with E-state index in [1.807, 2.05) is 53.1 Å². The van der Waals surface area contributed by atoms with Gasteiger partial charge in [0, 0.05) is 40.7 Å². The lowest BCUT2D eigenvalue weighted by Crippen LogP contribution is -3.13. The van der Waals surface area contributed by atoms with E-state index in [2.05, 4.69) is 24.3 Å². The van der Waals surface area contributed by atoms with Crippen LogP contribution in [0.3, 0.4) is 0 Å². The number of aromatic nitrogens is 1. The van der Waals surface area contributed by atoms with E-state index in [0.717, 1.165) is 48.7 Å². The van der Waals surface area contributed by atoms with Gasteiger partial charge in [0.25, 0.3) is 5.56 Å². The second-order valence-corrected chi connectivity index (χ2v) is 9.39. The molecule has 0 spiro atoms. The average Bonchev–Trinajstić information content (AvgIpc) is 2.80. The first kappa shape index (κ1) is 20.8. The zero-order valence-corrected chi connectivity index (χ0v) is 18.6. The fourth-order valence-corrected chi connectivity index (χ4v) is 5.48. The van der Waals surface area contributed by atoms with Gasteiger partial charge in [-0.25, -0.2) is 0 Å². The molecule has 0 amide bonds. The van der Waals surface area contributed by atoms with Crippen molar-refractivity contribution >= 4 is 23.8 Å². The minimum Gasteiger partial charge on any atom is -0.330 e. The van der Waals surface area contributed by atoms with Crippen molar-refractivity contribution in [2.24, 2.45) is 5.92 Å². The van der Waals surface area contributed by atoms with Gasteiger partial charge in [-0.2, -0.15) is 5.26 Å². The van der Waals surface area contributed by atoms with Crippen LogP contribution >= 0.6 is 11.6 Å². The van der Waals surface area contributed by atoms with Crippen LogP contribution in [0.2, 0.25) is 5.02 Å². The highest BCUT2D eigenvalue weighted by atomic mass is 35.5. The molecule has 0 saturated carbocycles. The molecule has 3 atom stereocenters. The quantitative estimate of drug-likeness (QED) is 0.669. The van der Waals surface area contributed by atoms with Crippen LogP contribution in [0.5, 0.6) is 0 Å². The topological polar surface area (TPSA) is 50.2 Å². The molecule has 1 saturated heterocycles. The van der Waals surface area contributed by atoms with Crippen LogP contribution in [0.4, 0.5) is 0 Å². The molecule has 1 unspecified atom stereocenters. The van der Waals surface area contributed by atoms with Crippen molar-refractivity contribution in [3.63, 3.8) is 0 Å². The molecule has 3 heterocycles. The Morgan fingerprint density at radius 2 is 1.94 bits per heavy atom. The van der Waals surface area contributed by atoms with Crippen molar-refractivity contribution in [2.45, 2.75) is 25.4 Å². The summed E-state index contributed by atoms with van der Waals surface area (Å²) in [7, 11) is 0. The predicted octanol–water partition coefficient (Wildman–Crippen LogP) is 3.75. The van der Waals surface area contributed by atoms with E-state index in [4.69, 9.17) is 11.6 Å². The minimum atomic E-state index is 0.100. The van der Waals surface area contributed by atoms with E-state index in [1.54, 1.807) is 6.07 Å². The number of quaternary nitrogens is 1. The lowest BCUT2D eigenvalue weighted by Gasteiger charge is -2.41. The minimum absolute atomic E-state index is 0.100. The number of piperidine rings is 1. The van der Waals surface area contributed by atoms with Crippen molar-refractivity contribution in [1.29, 1.82) is 5.26 Å². The molecular formula is C27H25ClN3O+. The fourth-order valence-electron chi connectivity index (χ4n) is 5.35. The van der Waals surface area contributed by atoms with Crippen molar-refractivity contribution in [3.8, 4) is 6.07 Å². The molecule has 2 aliphatic heterocycles. The zero-order valence-electron chi connectivity index (χ0n) is 17.8. The van der Waals surface area contributed by atoms with Crippen molar-refractivity contribution in [3.05, 3.63) is 104 Å². The molecule has 1 aromatic heterocycles. The summed E-state index contributed by atoms with van der Waals surface area (Å²) in [6.45, 7) is 3.76. The summed E-state index contributed by atoms with van der Waals surface area (Å²) in [5.74, 6) is 0.860. The van der Waals surface area contributed by atoms with Gasteiger partial charge in [-0.15, -0.1) is 0 Å². The van der Waals surface area contributed by atoms with Crippen molar-refractivity contribution in [1.82, 2.24) is 4.57 Å². The van der Waals surface area contributed by atoms with Gasteiger partial charge in [-0.05, 0) is 47.9 Å². The Hall–Kier alpha value is -3.13. The summed E-state index contributed by atoms with van der Waals surface area (Å²) in [5, 5.41) is 9.93. The number of pyridine rings is 1. The zero-order chi connectivity index (χ0) is 22.1. The van der Waals surface area contributed by atoms with Gasteiger partial charge in [0.05, 0.1) is 24.7 Å². The highest BCUT2D eigenvalue weighted by Crippen LogP contribution is 2.33. The number of nitrogens with zero attached hydrogens (tertiary/aromatic N) is 2. The summed E-state index contributed by atoms with van der Waals surface area (Å²) in [6.07, 6.45) is 5.34.